The van der Waals surface area contributed by atoms with Gasteiger partial charge in [-0.2, -0.15) is 5.10 Å². The van der Waals surface area contributed by atoms with E-state index in [0.717, 1.165) is 39.2 Å². The first kappa shape index (κ1) is 14.3. The van der Waals surface area contributed by atoms with Gasteiger partial charge in [-0.3, -0.25) is 10.1 Å². The number of nitrogens with one attached hydrogen (secondary N) is 2. The Labute approximate surface area is 139 Å². The highest BCUT2D eigenvalue weighted by molar-refractivity contribution is 5.88. The van der Waals surface area contributed by atoms with Crippen LogP contribution in [0.3, 0.4) is 0 Å². The van der Waals surface area contributed by atoms with Crippen molar-refractivity contribution in [1.29, 1.82) is 0 Å². The second-order valence-electron chi connectivity index (χ2n) is 5.40. The van der Waals surface area contributed by atoms with Crippen molar-refractivity contribution in [1.82, 2.24) is 15.2 Å². The zero-order valence-electron chi connectivity index (χ0n) is 13.2. The molecule has 0 unspecified atom stereocenters. The van der Waals surface area contributed by atoms with E-state index in [1.54, 1.807) is 12.4 Å². The Balaban J connectivity index is 1.70. The minimum Gasteiger partial charge on any atom is -0.457 e. The lowest BCUT2D eigenvalue weighted by Gasteiger charge is -2.10. The SMILES string of the molecule is CNc1ccc(Oc2ccnc3cc(-c4cn[nH]c4)ccc23)cc1. The fourth-order valence-corrected chi connectivity index (χ4v) is 2.62. The maximum absolute atomic E-state index is 6.04. The lowest BCUT2D eigenvalue weighted by Crippen LogP contribution is -1.90. The van der Waals surface area contributed by atoms with Crippen molar-refractivity contribution in [3.63, 3.8) is 0 Å². The Bertz CT molecular complexity index is 963. The van der Waals surface area contributed by atoms with Crippen molar-refractivity contribution >= 4 is 16.6 Å². The maximum atomic E-state index is 6.04. The average molecular weight is 316 g/mol. The number of hydrogen-bond acceptors (Lipinski definition) is 4. The summed E-state index contributed by atoms with van der Waals surface area (Å²) in [5.74, 6) is 1.58. The number of H-pyrrole nitrogens is 1. The molecule has 0 bridgehead atoms. The highest BCUT2D eigenvalue weighted by atomic mass is 16.5. The van der Waals surface area contributed by atoms with E-state index in [2.05, 4.69) is 20.5 Å². The largest absolute Gasteiger partial charge is 0.457 e. The predicted molar refractivity (Wildman–Crippen MR) is 95.4 cm³/mol. The number of anilines is 1. The third-order valence-electron chi connectivity index (χ3n) is 3.91. The van der Waals surface area contributed by atoms with Gasteiger partial charge in [0.2, 0.25) is 0 Å². The fourth-order valence-electron chi connectivity index (χ4n) is 2.62. The molecule has 4 rings (SSSR count). The highest BCUT2D eigenvalue weighted by Gasteiger charge is 2.07. The quantitative estimate of drug-likeness (QED) is 0.583. The van der Waals surface area contributed by atoms with Crippen LogP contribution in [0.15, 0.2) is 67.1 Å². The van der Waals surface area contributed by atoms with Gasteiger partial charge >= 0.3 is 0 Å². The number of aromatic amines is 1. The molecule has 0 aliphatic carbocycles. The first-order chi connectivity index (χ1) is 11.8. The Morgan fingerprint density at radius 1 is 1.00 bits per heavy atom. The van der Waals surface area contributed by atoms with Gasteiger partial charge < -0.3 is 10.1 Å². The lowest BCUT2D eigenvalue weighted by atomic mass is 10.1. The van der Waals surface area contributed by atoms with E-state index >= 15 is 0 Å². The second kappa shape index (κ2) is 6.04. The van der Waals surface area contributed by atoms with Crippen LogP contribution >= 0.6 is 0 Å². The number of aromatic nitrogens is 3. The van der Waals surface area contributed by atoms with Crippen LogP contribution in [0.4, 0.5) is 5.69 Å². The average Bonchev–Trinajstić information content (AvgIpc) is 3.17. The van der Waals surface area contributed by atoms with Gasteiger partial charge in [0.15, 0.2) is 0 Å². The van der Waals surface area contributed by atoms with Crippen LogP contribution in [-0.4, -0.2) is 22.2 Å². The summed E-state index contributed by atoms with van der Waals surface area (Å²) in [4.78, 5) is 4.46. The number of pyridine rings is 1. The first-order valence-electron chi connectivity index (χ1n) is 7.67. The zero-order chi connectivity index (χ0) is 16.4. The molecule has 0 aliphatic heterocycles. The molecule has 0 radical (unpaired) electrons. The molecule has 0 spiro atoms. The van der Waals surface area contributed by atoms with Crippen LogP contribution in [0, 0.1) is 0 Å². The summed E-state index contributed by atoms with van der Waals surface area (Å²) in [5, 5.41) is 10.9. The number of ether oxygens (including phenoxy) is 1. The summed E-state index contributed by atoms with van der Waals surface area (Å²) in [7, 11) is 1.89. The Morgan fingerprint density at radius 2 is 1.88 bits per heavy atom. The molecule has 2 aromatic carbocycles. The zero-order valence-corrected chi connectivity index (χ0v) is 13.2. The summed E-state index contributed by atoms with van der Waals surface area (Å²) in [6.07, 6.45) is 5.43. The summed E-state index contributed by atoms with van der Waals surface area (Å²) in [6.45, 7) is 0. The molecule has 0 saturated heterocycles. The van der Waals surface area contributed by atoms with E-state index in [1.165, 1.54) is 0 Å². The fraction of sp³-hybridized carbons (Fsp3) is 0.0526. The first-order valence-corrected chi connectivity index (χ1v) is 7.67. The van der Waals surface area contributed by atoms with E-state index in [0.29, 0.717) is 0 Å². The molecular weight excluding hydrogens is 300 g/mol. The van der Waals surface area contributed by atoms with Crippen LogP contribution in [-0.2, 0) is 0 Å². The minimum atomic E-state index is 0.788. The molecule has 0 amide bonds. The van der Waals surface area contributed by atoms with E-state index in [-0.39, 0.29) is 0 Å². The number of benzene rings is 2. The normalized spacial score (nSPS) is 10.7. The number of fused-ring (bicyclic) bond motifs is 1. The predicted octanol–water partition coefficient (Wildman–Crippen LogP) is 4.46. The van der Waals surface area contributed by atoms with E-state index in [9.17, 15) is 0 Å². The summed E-state index contributed by atoms with van der Waals surface area (Å²) < 4.78 is 6.04. The van der Waals surface area contributed by atoms with Gasteiger partial charge in [0.05, 0.1) is 11.7 Å². The van der Waals surface area contributed by atoms with Crippen molar-refractivity contribution in [2.75, 3.05) is 12.4 Å². The monoisotopic (exact) mass is 316 g/mol. The van der Waals surface area contributed by atoms with Gasteiger partial charge in [-0.05, 0) is 48.0 Å². The molecule has 24 heavy (non-hydrogen) atoms. The Kier molecular flexibility index (Phi) is 3.59. The molecule has 5 heteroatoms. The second-order valence-corrected chi connectivity index (χ2v) is 5.40. The van der Waals surface area contributed by atoms with E-state index in [1.807, 2.05) is 61.8 Å². The molecule has 0 atom stereocenters. The number of nitrogens with zero attached hydrogens (tertiary/aromatic N) is 2. The van der Waals surface area contributed by atoms with Gasteiger partial charge in [0, 0.05) is 36.1 Å². The van der Waals surface area contributed by atoms with Crippen LogP contribution in [0.25, 0.3) is 22.0 Å². The van der Waals surface area contributed by atoms with Gasteiger partial charge in [-0.15, -0.1) is 0 Å². The minimum absolute atomic E-state index is 0.788. The van der Waals surface area contributed by atoms with Crippen molar-refractivity contribution in [2.24, 2.45) is 0 Å². The molecule has 0 saturated carbocycles. The van der Waals surface area contributed by atoms with Gasteiger partial charge in [-0.1, -0.05) is 6.07 Å². The van der Waals surface area contributed by atoms with Crippen LogP contribution in [0.2, 0.25) is 0 Å². The summed E-state index contributed by atoms with van der Waals surface area (Å²) in [5.41, 5.74) is 4.04. The number of rotatable bonds is 4. The molecule has 5 nitrogen and oxygen atoms in total. The lowest BCUT2D eigenvalue weighted by molar-refractivity contribution is 0.488. The molecule has 2 heterocycles. The third-order valence-corrected chi connectivity index (χ3v) is 3.91. The van der Waals surface area contributed by atoms with Crippen LogP contribution in [0.1, 0.15) is 0 Å². The molecule has 0 fully saturated rings. The Morgan fingerprint density at radius 3 is 2.62 bits per heavy atom. The van der Waals surface area contributed by atoms with Crippen molar-refractivity contribution in [3.05, 3.63) is 67.1 Å². The molecule has 4 aromatic rings. The molecule has 2 aromatic heterocycles. The van der Waals surface area contributed by atoms with Crippen molar-refractivity contribution in [2.45, 2.75) is 0 Å². The Hall–Kier alpha value is -3.34. The summed E-state index contributed by atoms with van der Waals surface area (Å²) in [6, 6.07) is 15.8. The number of hydrogen-bond donors (Lipinski definition) is 2. The van der Waals surface area contributed by atoms with Crippen molar-refractivity contribution < 1.29 is 4.74 Å². The smallest absolute Gasteiger partial charge is 0.138 e. The maximum Gasteiger partial charge on any atom is 0.138 e. The van der Waals surface area contributed by atoms with Crippen molar-refractivity contribution in [3.8, 4) is 22.6 Å². The molecule has 0 aliphatic rings. The van der Waals surface area contributed by atoms with Gasteiger partial charge in [0.1, 0.15) is 11.5 Å². The third kappa shape index (κ3) is 2.67. The standard InChI is InChI=1S/C19H16N4O/c1-20-15-3-5-16(6-4-15)24-19-8-9-21-18-10-13(2-7-17(18)19)14-11-22-23-12-14/h2-12,20H,1H3,(H,22,23). The van der Waals surface area contributed by atoms with Crippen LogP contribution < -0.4 is 10.1 Å². The molecule has 2 N–H and O–H groups in total. The van der Waals surface area contributed by atoms with E-state index in [4.69, 9.17) is 4.74 Å². The summed E-state index contributed by atoms with van der Waals surface area (Å²) >= 11 is 0. The van der Waals surface area contributed by atoms with Gasteiger partial charge in [0.25, 0.3) is 0 Å². The van der Waals surface area contributed by atoms with E-state index < -0.39 is 0 Å². The molecule has 118 valence electrons. The molecular formula is C19H16N4O. The van der Waals surface area contributed by atoms with Crippen LogP contribution in [0.5, 0.6) is 11.5 Å². The highest BCUT2D eigenvalue weighted by Crippen LogP contribution is 2.31. The van der Waals surface area contributed by atoms with Gasteiger partial charge in [-0.25, -0.2) is 0 Å². The topological polar surface area (TPSA) is 62.8 Å².